The number of carbonyl (C=O) groups excluding carboxylic acids is 1. The maximum absolute atomic E-state index is 12.2. The minimum Gasteiger partial charge on any atom is -0.493 e. The summed E-state index contributed by atoms with van der Waals surface area (Å²) in [5.41, 5.74) is 1.76. The molecule has 0 radical (unpaired) electrons. The molecule has 11 heteroatoms. The summed E-state index contributed by atoms with van der Waals surface area (Å²) >= 11 is 2.68. The van der Waals surface area contributed by atoms with Crippen LogP contribution in [0, 0.1) is 10.1 Å². The summed E-state index contributed by atoms with van der Waals surface area (Å²) in [5.74, 6) is 1.43. The van der Waals surface area contributed by atoms with Crippen LogP contribution in [0.2, 0.25) is 0 Å². The van der Waals surface area contributed by atoms with E-state index in [1.165, 1.54) is 41.3 Å². The van der Waals surface area contributed by atoms with E-state index in [9.17, 15) is 14.9 Å². The van der Waals surface area contributed by atoms with Crippen LogP contribution >= 0.6 is 23.1 Å². The van der Waals surface area contributed by atoms with Crippen molar-refractivity contribution in [2.75, 3.05) is 19.5 Å². The molecule has 1 heterocycles. The SMILES string of the molecule is COc1ccc(/C=C/C(=O)Nc2nnc(SCc3ccc([N+](=O)[O-])cc3)s2)cc1OC. The molecule has 1 N–H and O–H groups in total. The number of anilines is 1. The average molecular weight is 459 g/mol. The molecule has 0 aliphatic rings. The van der Waals surface area contributed by atoms with E-state index >= 15 is 0 Å². The van der Waals surface area contributed by atoms with Crippen molar-refractivity contribution in [2.24, 2.45) is 0 Å². The number of amides is 1. The third-order valence-corrected chi connectivity index (χ3v) is 6.02. The lowest BCUT2D eigenvalue weighted by atomic mass is 10.2. The molecule has 0 spiro atoms. The lowest BCUT2D eigenvalue weighted by Crippen LogP contribution is -2.07. The molecule has 0 aliphatic carbocycles. The van der Waals surface area contributed by atoms with E-state index in [1.807, 2.05) is 6.07 Å². The fourth-order valence-corrected chi connectivity index (χ4v) is 4.16. The number of rotatable bonds is 9. The maximum atomic E-state index is 12.2. The Kier molecular flexibility index (Phi) is 7.57. The van der Waals surface area contributed by atoms with Crippen molar-refractivity contribution in [1.82, 2.24) is 10.2 Å². The van der Waals surface area contributed by atoms with Crippen molar-refractivity contribution in [3.8, 4) is 11.5 Å². The summed E-state index contributed by atoms with van der Waals surface area (Å²) in [6.07, 6.45) is 3.05. The number of methoxy groups -OCH3 is 2. The highest BCUT2D eigenvalue weighted by Gasteiger charge is 2.09. The molecule has 31 heavy (non-hydrogen) atoms. The summed E-state index contributed by atoms with van der Waals surface area (Å²) in [6, 6.07) is 11.7. The summed E-state index contributed by atoms with van der Waals surface area (Å²) in [4.78, 5) is 22.4. The number of non-ortho nitro benzene ring substituents is 1. The Labute approximate surface area is 186 Å². The second-order valence-electron chi connectivity index (χ2n) is 6.02. The first kappa shape index (κ1) is 22.2. The van der Waals surface area contributed by atoms with E-state index in [-0.39, 0.29) is 11.6 Å². The molecule has 0 bridgehead atoms. The van der Waals surface area contributed by atoms with Crippen LogP contribution in [-0.4, -0.2) is 35.2 Å². The summed E-state index contributed by atoms with van der Waals surface area (Å²) in [7, 11) is 3.10. The van der Waals surface area contributed by atoms with Gasteiger partial charge in [-0.3, -0.25) is 20.2 Å². The van der Waals surface area contributed by atoms with Gasteiger partial charge in [0.2, 0.25) is 11.0 Å². The van der Waals surface area contributed by atoms with Crippen LogP contribution in [0.1, 0.15) is 11.1 Å². The van der Waals surface area contributed by atoms with Crippen molar-refractivity contribution in [1.29, 1.82) is 0 Å². The highest BCUT2D eigenvalue weighted by molar-refractivity contribution is 8.00. The average Bonchev–Trinajstić information content (AvgIpc) is 3.23. The third-order valence-electron chi connectivity index (χ3n) is 3.98. The first-order chi connectivity index (χ1) is 15.0. The number of nitro benzene ring substituents is 1. The number of ether oxygens (including phenoxy) is 2. The van der Waals surface area contributed by atoms with Gasteiger partial charge in [-0.1, -0.05) is 41.3 Å². The molecule has 1 aromatic heterocycles. The van der Waals surface area contributed by atoms with Crippen molar-refractivity contribution >= 4 is 45.9 Å². The topological polar surface area (TPSA) is 116 Å². The lowest BCUT2D eigenvalue weighted by Gasteiger charge is -2.07. The molecular weight excluding hydrogens is 440 g/mol. The van der Waals surface area contributed by atoms with E-state index in [0.29, 0.717) is 26.7 Å². The number of hydrogen-bond acceptors (Lipinski definition) is 9. The van der Waals surface area contributed by atoms with Gasteiger partial charge in [-0.2, -0.15) is 0 Å². The van der Waals surface area contributed by atoms with Crippen molar-refractivity contribution < 1.29 is 19.2 Å². The molecule has 160 valence electrons. The summed E-state index contributed by atoms with van der Waals surface area (Å²) in [5, 5.41) is 21.8. The number of nitro groups is 1. The first-order valence-corrected chi connectivity index (χ1v) is 10.7. The number of hydrogen-bond donors (Lipinski definition) is 1. The van der Waals surface area contributed by atoms with Crippen LogP contribution in [0.4, 0.5) is 10.8 Å². The summed E-state index contributed by atoms with van der Waals surface area (Å²) < 4.78 is 11.1. The molecule has 3 aromatic rings. The zero-order chi connectivity index (χ0) is 22.2. The van der Waals surface area contributed by atoms with E-state index < -0.39 is 4.92 Å². The highest BCUT2D eigenvalue weighted by atomic mass is 32.2. The molecular formula is C20H18N4O5S2. The quantitative estimate of drug-likeness (QED) is 0.165. The third kappa shape index (κ3) is 6.27. The normalized spacial score (nSPS) is 10.8. The van der Waals surface area contributed by atoms with E-state index in [1.54, 1.807) is 44.6 Å². The van der Waals surface area contributed by atoms with Gasteiger partial charge in [0.15, 0.2) is 15.8 Å². The Morgan fingerprint density at radius 2 is 1.90 bits per heavy atom. The molecule has 0 saturated heterocycles. The predicted molar refractivity (Wildman–Crippen MR) is 120 cm³/mol. The van der Waals surface area contributed by atoms with Crippen molar-refractivity contribution in [3.63, 3.8) is 0 Å². The van der Waals surface area contributed by atoms with Gasteiger partial charge in [0.05, 0.1) is 19.1 Å². The van der Waals surface area contributed by atoms with Gasteiger partial charge in [-0.05, 0) is 29.3 Å². The van der Waals surface area contributed by atoms with E-state index in [2.05, 4.69) is 15.5 Å². The summed E-state index contributed by atoms with van der Waals surface area (Å²) in [6.45, 7) is 0. The van der Waals surface area contributed by atoms with Gasteiger partial charge in [-0.15, -0.1) is 10.2 Å². The Morgan fingerprint density at radius 3 is 2.58 bits per heavy atom. The predicted octanol–water partition coefficient (Wildman–Crippen LogP) is 4.41. The van der Waals surface area contributed by atoms with E-state index in [0.717, 1.165) is 11.1 Å². The molecule has 0 aliphatic heterocycles. The lowest BCUT2D eigenvalue weighted by molar-refractivity contribution is -0.384. The van der Waals surface area contributed by atoms with E-state index in [4.69, 9.17) is 9.47 Å². The molecule has 0 saturated carbocycles. The highest BCUT2D eigenvalue weighted by Crippen LogP contribution is 2.29. The van der Waals surface area contributed by atoms with Crippen LogP contribution in [0.5, 0.6) is 11.5 Å². The monoisotopic (exact) mass is 458 g/mol. The Hall–Kier alpha value is -3.44. The minimum absolute atomic E-state index is 0.0517. The maximum Gasteiger partial charge on any atom is 0.269 e. The Bertz CT molecular complexity index is 1100. The molecule has 1 amide bonds. The molecule has 0 fully saturated rings. The standard InChI is InChI=1S/C20H18N4O5S2/c1-28-16-9-5-13(11-17(16)29-2)6-10-18(25)21-19-22-23-20(31-19)30-12-14-3-7-15(8-4-14)24(26)27/h3-11H,12H2,1-2H3,(H,21,22,25)/b10-6+. The number of benzene rings is 2. The van der Waals surface area contributed by atoms with Crippen LogP contribution in [0.15, 0.2) is 52.9 Å². The van der Waals surface area contributed by atoms with Gasteiger partial charge in [0, 0.05) is 24.0 Å². The molecule has 0 atom stereocenters. The fraction of sp³-hybridized carbons (Fsp3) is 0.150. The van der Waals surface area contributed by atoms with Gasteiger partial charge in [0.25, 0.3) is 5.69 Å². The number of nitrogens with one attached hydrogen (secondary N) is 1. The van der Waals surface area contributed by atoms with Crippen molar-refractivity contribution in [2.45, 2.75) is 10.1 Å². The first-order valence-electron chi connectivity index (χ1n) is 8.89. The van der Waals surface area contributed by atoms with Gasteiger partial charge < -0.3 is 9.47 Å². The van der Waals surface area contributed by atoms with Gasteiger partial charge in [0.1, 0.15) is 0 Å². The van der Waals surface area contributed by atoms with Gasteiger partial charge >= 0.3 is 0 Å². The molecule has 0 unspecified atom stereocenters. The fourth-order valence-electron chi connectivity index (χ4n) is 2.45. The zero-order valence-corrected chi connectivity index (χ0v) is 18.2. The van der Waals surface area contributed by atoms with Gasteiger partial charge in [-0.25, -0.2) is 0 Å². The van der Waals surface area contributed by atoms with Crippen molar-refractivity contribution in [3.05, 3.63) is 69.8 Å². The Balaban J connectivity index is 1.53. The molecule has 2 aromatic carbocycles. The molecule has 9 nitrogen and oxygen atoms in total. The van der Waals surface area contributed by atoms with Crippen LogP contribution in [0.3, 0.4) is 0 Å². The zero-order valence-electron chi connectivity index (χ0n) is 16.6. The second-order valence-corrected chi connectivity index (χ2v) is 8.22. The van der Waals surface area contributed by atoms with Crippen LogP contribution in [0.25, 0.3) is 6.08 Å². The number of nitrogens with zero attached hydrogens (tertiary/aromatic N) is 3. The van der Waals surface area contributed by atoms with Crippen LogP contribution in [-0.2, 0) is 10.5 Å². The van der Waals surface area contributed by atoms with Crippen LogP contribution < -0.4 is 14.8 Å². The number of aromatic nitrogens is 2. The molecule has 3 rings (SSSR count). The number of thioether (sulfide) groups is 1. The Morgan fingerprint density at radius 1 is 1.16 bits per heavy atom. The largest absolute Gasteiger partial charge is 0.493 e. The minimum atomic E-state index is -0.434. The second kappa shape index (κ2) is 10.5. The number of carbonyl (C=O) groups is 1. The smallest absolute Gasteiger partial charge is 0.269 e.